The second kappa shape index (κ2) is 9.13. The zero-order chi connectivity index (χ0) is 22.6. The number of benzene rings is 3. The van der Waals surface area contributed by atoms with E-state index in [9.17, 15) is 22.0 Å². The van der Waals surface area contributed by atoms with Crippen molar-refractivity contribution in [2.45, 2.75) is 17.9 Å². The van der Waals surface area contributed by atoms with E-state index in [1.807, 2.05) is 0 Å². The van der Waals surface area contributed by atoms with E-state index in [0.29, 0.717) is 17.0 Å². The van der Waals surface area contributed by atoms with Gasteiger partial charge in [-0.15, -0.1) is 0 Å². The van der Waals surface area contributed by atoms with Gasteiger partial charge in [0.25, 0.3) is 15.9 Å². The minimum atomic E-state index is -3.94. The van der Waals surface area contributed by atoms with Gasteiger partial charge in [0.2, 0.25) is 0 Å². The van der Waals surface area contributed by atoms with E-state index in [0.717, 1.165) is 12.1 Å². The number of sulfonamides is 1. The fraction of sp³-hybridized carbons (Fsp3) is 0.136. The summed E-state index contributed by atoms with van der Waals surface area (Å²) in [5.41, 5.74) is 0.812. The van der Waals surface area contributed by atoms with Crippen LogP contribution < -0.4 is 14.8 Å². The SMILES string of the molecule is COc1ccc(NS(=O)(=O)c2cccc(C(=O)NC(C)c3ccc(F)c(F)c3)c2)cc1. The summed E-state index contributed by atoms with van der Waals surface area (Å²) in [4.78, 5) is 12.5. The van der Waals surface area contributed by atoms with Crippen molar-refractivity contribution in [3.05, 3.63) is 89.5 Å². The van der Waals surface area contributed by atoms with Gasteiger partial charge in [-0.25, -0.2) is 17.2 Å². The maximum atomic E-state index is 13.4. The molecule has 9 heteroatoms. The summed E-state index contributed by atoms with van der Waals surface area (Å²) in [6, 6.07) is 14.5. The standard InChI is InChI=1S/C22H20F2N2O4S/c1-14(15-6-11-20(23)21(24)13-15)25-22(27)16-4-3-5-19(12-16)31(28,29)26-17-7-9-18(30-2)10-8-17/h3-14,26H,1-2H3,(H,25,27). The summed E-state index contributed by atoms with van der Waals surface area (Å²) in [5, 5.41) is 2.64. The van der Waals surface area contributed by atoms with E-state index in [4.69, 9.17) is 4.74 Å². The van der Waals surface area contributed by atoms with E-state index >= 15 is 0 Å². The summed E-state index contributed by atoms with van der Waals surface area (Å²) in [6.07, 6.45) is 0. The molecule has 0 spiro atoms. The molecule has 0 aliphatic heterocycles. The Balaban J connectivity index is 1.76. The second-order valence-electron chi connectivity index (χ2n) is 6.73. The Bertz CT molecular complexity index is 1200. The number of ether oxygens (including phenoxy) is 1. The summed E-state index contributed by atoms with van der Waals surface area (Å²) in [7, 11) is -2.44. The fourth-order valence-corrected chi connectivity index (χ4v) is 3.93. The number of nitrogens with one attached hydrogen (secondary N) is 2. The van der Waals surface area contributed by atoms with E-state index in [1.54, 1.807) is 31.2 Å². The zero-order valence-corrected chi connectivity index (χ0v) is 17.5. The first kappa shape index (κ1) is 22.2. The number of carbonyl (C=O) groups is 1. The molecule has 1 amide bonds. The number of hydrogen-bond acceptors (Lipinski definition) is 4. The maximum absolute atomic E-state index is 13.4. The highest BCUT2D eigenvalue weighted by atomic mass is 32.2. The third-order valence-corrected chi connectivity index (χ3v) is 5.92. The number of hydrogen-bond donors (Lipinski definition) is 2. The lowest BCUT2D eigenvalue weighted by Crippen LogP contribution is -2.27. The highest BCUT2D eigenvalue weighted by Gasteiger charge is 2.18. The molecule has 1 unspecified atom stereocenters. The Kier molecular flexibility index (Phi) is 6.55. The Morgan fingerprint density at radius 2 is 1.68 bits per heavy atom. The van der Waals surface area contributed by atoms with Gasteiger partial charge in [-0.1, -0.05) is 12.1 Å². The largest absolute Gasteiger partial charge is 0.497 e. The molecule has 3 rings (SSSR count). The smallest absolute Gasteiger partial charge is 0.261 e. The van der Waals surface area contributed by atoms with Crippen LogP contribution in [-0.2, 0) is 10.0 Å². The molecule has 0 heterocycles. The van der Waals surface area contributed by atoms with Crippen LogP contribution >= 0.6 is 0 Å². The molecular weight excluding hydrogens is 426 g/mol. The highest BCUT2D eigenvalue weighted by molar-refractivity contribution is 7.92. The molecular formula is C22H20F2N2O4S. The molecule has 31 heavy (non-hydrogen) atoms. The van der Waals surface area contributed by atoms with Crippen molar-refractivity contribution in [1.29, 1.82) is 0 Å². The molecule has 3 aromatic rings. The van der Waals surface area contributed by atoms with Crippen molar-refractivity contribution >= 4 is 21.6 Å². The molecule has 0 bridgehead atoms. The van der Waals surface area contributed by atoms with Crippen LogP contribution in [0.5, 0.6) is 5.75 Å². The molecule has 2 N–H and O–H groups in total. The molecule has 0 saturated carbocycles. The molecule has 162 valence electrons. The quantitative estimate of drug-likeness (QED) is 0.568. The average Bonchev–Trinajstić information content (AvgIpc) is 2.76. The van der Waals surface area contributed by atoms with Gasteiger partial charge in [0.05, 0.1) is 18.0 Å². The number of carbonyl (C=O) groups excluding carboxylic acids is 1. The van der Waals surface area contributed by atoms with Crippen molar-refractivity contribution < 1.29 is 26.7 Å². The first-order valence-corrected chi connectivity index (χ1v) is 10.7. The van der Waals surface area contributed by atoms with Crippen LogP contribution in [0.3, 0.4) is 0 Å². The Hall–Kier alpha value is -3.46. The fourth-order valence-electron chi connectivity index (χ4n) is 2.82. The van der Waals surface area contributed by atoms with Crippen molar-refractivity contribution in [1.82, 2.24) is 5.32 Å². The molecule has 0 aliphatic rings. The van der Waals surface area contributed by atoms with Gasteiger partial charge in [-0.3, -0.25) is 9.52 Å². The van der Waals surface area contributed by atoms with E-state index < -0.39 is 33.6 Å². The number of methoxy groups -OCH3 is 1. The first-order valence-electron chi connectivity index (χ1n) is 9.22. The summed E-state index contributed by atoms with van der Waals surface area (Å²) >= 11 is 0. The van der Waals surface area contributed by atoms with Crippen LogP contribution in [0.1, 0.15) is 28.9 Å². The van der Waals surface area contributed by atoms with Gasteiger partial charge in [0, 0.05) is 11.3 Å². The van der Waals surface area contributed by atoms with E-state index in [-0.39, 0.29) is 10.5 Å². The van der Waals surface area contributed by atoms with Crippen molar-refractivity contribution in [2.75, 3.05) is 11.8 Å². The molecule has 0 aliphatic carbocycles. The van der Waals surface area contributed by atoms with Crippen LogP contribution in [0.2, 0.25) is 0 Å². The molecule has 3 aromatic carbocycles. The maximum Gasteiger partial charge on any atom is 0.261 e. The minimum Gasteiger partial charge on any atom is -0.497 e. The van der Waals surface area contributed by atoms with Gasteiger partial charge in [-0.05, 0) is 67.1 Å². The van der Waals surface area contributed by atoms with Crippen LogP contribution in [0, 0.1) is 11.6 Å². The number of halogens is 2. The third-order valence-electron chi connectivity index (χ3n) is 4.54. The minimum absolute atomic E-state index is 0.101. The van der Waals surface area contributed by atoms with Crippen LogP contribution in [0.15, 0.2) is 71.6 Å². The molecule has 0 fully saturated rings. The topological polar surface area (TPSA) is 84.5 Å². The monoisotopic (exact) mass is 446 g/mol. The van der Waals surface area contributed by atoms with Crippen molar-refractivity contribution in [2.24, 2.45) is 0 Å². The molecule has 6 nitrogen and oxygen atoms in total. The Labute approximate surface area is 178 Å². The lowest BCUT2D eigenvalue weighted by molar-refractivity contribution is 0.0939. The number of rotatable bonds is 7. The average molecular weight is 446 g/mol. The van der Waals surface area contributed by atoms with E-state index in [1.165, 1.54) is 37.4 Å². The van der Waals surface area contributed by atoms with Gasteiger partial charge in [0.1, 0.15) is 5.75 Å². The van der Waals surface area contributed by atoms with Gasteiger partial charge in [-0.2, -0.15) is 0 Å². The number of anilines is 1. The zero-order valence-electron chi connectivity index (χ0n) is 16.7. The Morgan fingerprint density at radius 1 is 0.968 bits per heavy atom. The summed E-state index contributed by atoms with van der Waals surface area (Å²) in [5.74, 6) is -1.98. The lowest BCUT2D eigenvalue weighted by atomic mass is 10.1. The third kappa shape index (κ3) is 5.37. The summed E-state index contributed by atoms with van der Waals surface area (Å²) in [6.45, 7) is 1.61. The van der Waals surface area contributed by atoms with E-state index in [2.05, 4.69) is 10.0 Å². The lowest BCUT2D eigenvalue weighted by Gasteiger charge is -2.15. The number of amides is 1. The van der Waals surface area contributed by atoms with Crippen LogP contribution in [0.25, 0.3) is 0 Å². The van der Waals surface area contributed by atoms with Crippen molar-refractivity contribution in [3.8, 4) is 5.75 Å². The molecule has 1 atom stereocenters. The Morgan fingerprint density at radius 3 is 2.32 bits per heavy atom. The van der Waals surface area contributed by atoms with Crippen molar-refractivity contribution in [3.63, 3.8) is 0 Å². The molecule has 0 radical (unpaired) electrons. The van der Waals surface area contributed by atoms with Gasteiger partial charge >= 0.3 is 0 Å². The van der Waals surface area contributed by atoms with Gasteiger partial charge in [0.15, 0.2) is 11.6 Å². The highest BCUT2D eigenvalue weighted by Crippen LogP contribution is 2.21. The summed E-state index contributed by atoms with van der Waals surface area (Å²) < 4.78 is 59.4. The first-order chi connectivity index (χ1) is 14.7. The van der Waals surface area contributed by atoms with Crippen LogP contribution in [-0.4, -0.2) is 21.4 Å². The van der Waals surface area contributed by atoms with Gasteiger partial charge < -0.3 is 10.1 Å². The van der Waals surface area contributed by atoms with Crippen LogP contribution in [0.4, 0.5) is 14.5 Å². The normalized spacial score (nSPS) is 12.1. The predicted molar refractivity (Wildman–Crippen MR) is 112 cm³/mol. The molecule has 0 aromatic heterocycles. The molecule has 0 saturated heterocycles. The second-order valence-corrected chi connectivity index (χ2v) is 8.41. The predicted octanol–water partition coefficient (Wildman–Crippen LogP) is 4.27.